The Morgan fingerprint density at radius 3 is 2.45 bits per heavy atom. The number of morpholine rings is 1. The molecule has 0 aliphatic carbocycles. The fourth-order valence-electron chi connectivity index (χ4n) is 2.34. The van der Waals surface area contributed by atoms with E-state index in [1.807, 2.05) is 6.92 Å². The molecular weight excluding hydrogens is 306 g/mol. The summed E-state index contributed by atoms with van der Waals surface area (Å²) in [5.41, 5.74) is 5.42. The van der Waals surface area contributed by atoms with Gasteiger partial charge in [-0.25, -0.2) is 13.1 Å². The smallest absolute Gasteiger partial charge is 0.248 e. The maximum absolute atomic E-state index is 12.3. The van der Waals surface area contributed by atoms with Crippen LogP contribution in [-0.2, 0) is 14.8 Å². The van der Waals surface area contributed by atoms with Crippen LogP contribution in [0.15, 0.2) is 29.2 Å². The number of nitrogens with zero attached hydrogens (tertiary/aromatic N) is 1. The summed E-state index contributed by atoms with van der Waals surface area (Å²) >= 11 is 0. The molecule has 1 aromatic carbocycles. The first kappa shape index (κ1) is 16.9. The first-order chi connectivity index (χ1) is 10.4. The predicted molar refractivity (Wildman–Crippen MR) is 82.0 cm³/mol. The van der Waals surface area contributed by atoms with Crippen molar-refractivity contribution in [2.45, 2.75) is 17.9 Å². The summed E-state index contributed by atoms with van der Waals surface area (Å²) in [5, 5.41) is 0. The molecule has 0 radical (unpaired) electrons. The molecule has 1 amide bonds. The van der Waals surface area contributed by atoms with Crippen molar-refractivity contribution in [3.05, 3.63) is 29.8 Å². The molecule has 1 atom stereocenters. The zero-order valence-corrected chi connectivity index (χ0v) is 13.3. The summed E-state index contributed by atoms with van der Waals surface area (Å²) < 4.78 is 32.5. The van der Waals surface area contributed by atoms with Crippen LogP contribution in [0.25, 0.3) is 0 Å². The lowest BCUT2D eigenvalue weighted by Crippen LogP contribution is -2.45. The number of carbonyl (C=O) groups is 1. The third-order valence-corrected chi connectivity index (χ3v) is 5.05. The number of rotatable bonds is 6. The molecule has 1 saturated heterocycles. The van der Waals surface area contributed by atoms with Gasteiger partial charge in [-0.15, -0.1) is 0 Å². The summed E-state index contributed by atoms with van der Waals surface area (Å²) in [5.74, 6) is -0.586. The highest BCUT2D eigenvalue weighted by Gasteiger charge is 2.20. The average molecular weight is 327 g/mol. The standard InChI is InChI=1S/C14H21N3O4S/c1-11(10-17-6-8-21-9-7-17)16-22(19,20)13-4-2-12(3-5-13)14(15)18/h2-5,11,16H,6-10H2,1H3,(H2,15,18)/t11-/m0/s1. The van der Waals surface area contributed by atoms with Crippen molar-refractivity contribution in [2.75, 3.05) is 32.8 Å². The zero-order chi connectivity index (χ0) is 16.2. The second-order valence-corrected chi connectivity index (χ2v) is 7.04. The number of hydrogen-bond donors (Lipinski definition) is 2. The first-order valence-electron chi connectivity index (χ1n) is 7.11. The minimum atomic E-state index is -3.61. The normalized spacial score (nSPS) is 18.0. The van der Waals surface area contributed by atoms with Gasteiger partial charge in [0.25, 0.3) is 0 Å². The van der Waals surface area contributed by atoms with E-state index in [1.165, 1.54) is 24.3 Å². The summed E-state index contributed by atoms with van der Waals surface area (Å²) in [7, 11) is -3.61. The number of ether oxygens (including phenoxy) is 1. The molecular formula is C14H21N3O4S. The van der Waals surface area contributed by atoms with Crippen molar-refractivity contribution in [2.24, 2.45) is 5.73 Å². The van der Waals surface area contributed by atoms with E-state index in [4.69, 9.17) is 10.5 Å². The maximum atomic E-state index is 12.3. The minimum Gasteiger partial charge on any atom is -0.379 e. The fourth-order valence-corrected chi connectivity index (χ4v) is 3.57. The van der Waals surface area contributed by atoms with Crippen molar-refractivity contribution in [1.82, 2.24) is 9.62 Å². The number of nitrogens with one attached hydrogen (secondary N) is 1. The number of amides is 1. The van der Waals surface area contributed by atoms with Gasteiger partial charge >= 0.3 is 0 Å². The highest BCUT2D eigenvalue weighted by Crippen LogP contribution is 2.11. The van der Waals surface area contributed by atoms with Gasteiger partial charge in [0.2, 0.25) is 15.9 Å². The molecule has 1 fully saturated rings. The van der Waals surface area contributed by atoms with Crippen LogP contribution in [0.1, 0.15) is 17.3 Å². The highest BCUT2D eigenvalue weighted by atomic mass is 32.2. The fraction of sp³-hybridized carbons (Fsp3) is 0.500. The monoisotopic (exact) mass is 327 g/mol. The van der Waals surface area contributed by atoms with E-state index in [9.17, 15) is 13.2 Å². The SMILES string of the molecule is C[C@@H](CN1CCOCC1)NS(=O)(=O)c1ccc(C(N)=O)cc1. The van der Waals surface area contributed by atoms with Crippen LogP contribution in [0, 0.1) is 0 Å². The number of sulfonamides is 1. The third kappa shape index (κ3) is 4.51. The number of carbonyl (C=O) groups excluding carboxylic acids is 1. The van der Waals surface area contributed by atoms with Gasteiger partial charge in [-0.1, -0.05) is 0 Å². The molecule has 1 aliphatic heterocycles. The molecule has 122 valence electrons. The number of nitrogens with two attached hydrogens (primary N) is 1. The van der Waals surface area contributed by atoms with Crippen molar-refractivity contribution < 1.29 is 17.9 Å². The Kier molecular flexibility index (Phi) is 5.52. The van der Waals surface area contributed by atoms with E-state index in [1.54, 1.807) is 0 Å². The van der Waals surface area contributed by atoms with Crippen LogP contribution in [0.4, 0.5) is 0 Å². The summed E-state index contributed by atoms with van der Waals surface area (Å²) in [6, 6.07) is 5.35. The molecule has 22 heavy (non-hydrogen) atoms. The van der Waals surface area contributed by atoms with Gasteiger partial charge in [0.05, 0.1) is 18.1 Å². The number of benzene rings is 1. The molecule has 0 bridgehead atoms. The molecule has 0 aromatic heterocycles. The summed E-state index contributed by atoms with van der Waals surface area (Å²) in [6.45, 7) is 5.41. The van der Waals surface area contributed by atoms with Crippen LogP contribution < -0.4 is 10.5 Å². The van der Waals surface area contributed by atoms with E-state index < -0.39 is 15.9 Å². The van der Waals surface area contributed by atoms with E-state index in [0.29, 0.717) is 19.8 Å². The maximum Gasteiger partial charge on any atom is 0.248 e. The van der Waals surface area contributed by atoms with Crippen LogP contribution in [-0.4, -0.2) is 58.1 Å². The molecule has 3 N–H and O–H groups in total. The van der Waals surface area contributed by atoms with Gasteiger partial charge in [-0.2, -0.15) is 0 Å². The van der Waals surface area contributed by atoms with Crippen LogP contribution >= 0.6 is 0 Å². The predicted octanol–water partition coefficient (Wildman–Crippen LogP) is -0.215. The Balaban J connectivity index is 1.98. The molecule has 0 unspecified atom stereocenters. The van der Waals surface area contributed by atoms with Crippen LogP contribution in [0.2, 0.25) is 0 Å². The molecule has 1 heterocycles. The highest BCUT2D eigenvalue weighted by molar-refractivity contribution is 7.89. The Bertz CT molecular complexity index is 609. The molecule has 8 heteroatoms. The Hall–Kier alpha value is -1.48. The second kappa shape index (κ2) is 7.19. The van der Waals surface area contributed by atoms with Gasteiger partial charge in [-0.05, 0) is 31.2 Å². The molecule has 0 saturated carbocycles. The van der Waals surface area contributed by atoms with Crippen LogP contribution in [0.5, 0.6) is 0 Å². The first-order valence-corrected chi connectivity index (χ1v) is 8.59. The molecule has 1 aromatic rings. The van der Waals surface area contributed by atoms with E-state index >= 15 is 0 Å². The van der Waals surface area contributed by atoms with E-state index in [0.717, 1.165) is 13.1 Å². The zero-order valence-electron chi connectivity index (χ0n) is 12.5. The Morgan fingerprint density at radius 2 is 1.91 bits per heavy atom. The Morgan fingerprint density at radius 1 is 1.32 bits per heavy atom. The average Bonchev–Trinajstić information content (AvgIpc) is 2.47. The minimum absolute atomic E-state index is 0.117. The van der Waals surface area contributed by atoms with Gasteiger partial charge in [0, 0.05) is 31.2 Å². The van der Waals surface area contributed by atoms with Gasteiger partial charge < -0.3 is 10.5 Å². The molecule has 0 spiro atoms. The van der Waals surface area contributed by atoms with E-state index in [2.05, 4.69) is 9.62 Å². The third-order valence-electron chi connectivity index (χ3n) is 3.44. The quantitative estimate of drug-likeness (QED) is 0.752. The lowest BCUT2D eigenvalue weighted by Gasteiger charge is -2.29. The molecule has 7 nitrogen and oxygen atoms in total. The number of primary amides is 1. The lowest BCUT2D eigenvalue weighted by molar-refractivity contribution is 0.0354. The summed E-state index contributed by atoms with van der Waals surface area (Å²) in [6.07, 6.45) is 0. The van der Waals surface area contributed by atoms with Crippen molar-refractivity contribution in [3.8, 4) is 0 Å². The molecule has 1 aliphatic rings. The van der Waals surface area contributed by atoms with Crippen LogP contribution in [0.3, 0.4) is 0 Å². The number of hydrogen-bond acceptors (Lipinski definition) is 5. The van der Waals surface area contributed by atoms with E-state index in [-0.39, 0.29) is 16.5 Å². The van der Waals surface area contributed by atoms with Crippen molar-refractivity contribution >= 4 is 15.9 Å². The van der Waals surface area contributed by atoms with Crippen molar-refractivity contribution in [1.29, 1.82) is 0 Å². The largest absolute Gasteiger partial charge is 0.379 e. The van der Waals surface area contributed by atoms with Gasteiger partial charge in [0.1, 0.15) is 0 Å². The second-order valence-electron chi connectivity index (χ2n) is 5.32. The van der Waals surface area contributed by atoms with Gasteiger partial charge in [0.15, 0.2) is 0 Å². The topological polar surface area (TPSA) is 102 Å². The summed E-state index contributed by atoms with van der Waals surface area (Å²) in [4.78, 5) is 13.3. The van der Waals surface area contributed by atoms with Crippen molar-refractivity contribution in [3.63, 3.8) is 0 Å². The van der Waals surface area contributed by atoms with Gasteiger partial charge in [-0.3, -0.25) is 9.69 Å². The lowest BCUT2D eigenvalue weighted by atomic mass is 10.2. The Labute approximate surface area is 130 Å². The molecule has 2 rings (SSSR count).